The fraction of sp³-hybridized carbons (Fsp3) is 0.154. The van der Waals surface area contributed by atoms with Crippen LogP contribution in [0.25, 0.3) is 0 Å². The first-order valence-corrected chi connectivity index (χ1v) is 6.23. The van der Waals surface area contributed by atoms with E-state index in [4.69, 9.17) is 16.9 Å². The molecule has 1 unspecified atom stereocenters. The number of halogens is 1. The Kier molecular flexibility index (Phi) is 3.61. The molecule has 2 rings (SSSR count). The van der Waals surface area contributed by atoms with E-state index in [1.165, 1.54) is 4.88 Å². The summed E-state index contributed by atoms with van der Waals surface area (Å²) < 4.78 is 0. The molecule has 0 aliphatic carbocycles. The van der Waals surface area contributed by atoms with E-state index >= 15 is 0 Å². The molecule has 0 fully saturated rings. The summed E-state index contributed by atoms with van der Waals surface area (Å²) in [6.07, 6.45) is 0.774. The van der Waals surface area contributed by atoms with E-state index in [9.17, 15) is 0 Å². The van der Waals surface area contributed by atoms with Crippen LogP contribution in [0, 0.1) is 11.3 Å². The van der Waals surface area contributed by atoms with Crippen LogP contribution in [-0.2, 0) is 6.42 Å². The van der Waals surface area contributed by atoms with Gasteiger partial charge in [0.2, 0.25) is 0 Å². The zero-order valence-electron chi connectivity index (χ0n) is 8.56. The van der Waals surface area contributed by atoms with E-state index in [0.717, 1.165) is 12.0 Å². The van der Waals surface area contributed by atoms with E-state index in [-0.39, 0.29) is 5.92 Å². The summed E-state index contributed by atoms with van der Waals surface area (Å²) in [6, 6.07) is 13.9. The molecule has 0 saturated carbocycles. The summed E-state index contributed by atoms with van der Waals surface area (Å²) in [6.45, 7) is 0. The molecule has 0 bridgehead atoms. The lowest BCUT2D eigenvalue weighted by molar-refractivity contribution is 0.862. The van der Waals surface area contributed by atoms with Crippen molar-refractivity contribution >= 4 is 22.9 Å². The molecule has 0 saturated heterocycles. The normalized spacial score (nSPS) is 12.0. The van der Waals surface area contributed by atoms with Gasteiger partial charge in [0, 0.05) is 16.3 Å². The van der Waals surface area contributed by atoms with Crippen LogP contribution in [0.5, 0.6) is 0 Å². The summed E-state index contributed by atoms with van der Waals surface area (Å²) in [5.74, 6) is -0.0871. The lowest BCUT2D eigenvalue weighted by Gasteiger charge is -2.07. The first-order chi connectivity index (χ1) is 7.79. The second-order valence-corrected chi connectivity index (χ2v) is 4.99. The number of hydrogen-bond acceptors (Lipinski definition) is 2. The highest BCUT2D eigenvalue weighted by molar-refractivity contribution is 7.09. The van der Waals surface area contributed by atoms with E-state index in [1.54, 1.807) is 11.3 Å². The largest absolute Gasteiger partial charge is 0.198 e. The molecule has 1 heterocycles. The zero-order chi connectivity index (χ0) is 11.4. The molecule has 80 valence electrons. The van der Waals surface area contributed by atoms with Gasteiger partial charge in [0.05, 0.1) is 12.0 Å². The van der Waals surface area contributed by atoms with E-state index < -0.39 is 0 Å². The Balaban J connectivity index is 2.17. The average Bonchev–Trinajstić information content (AvgIpc) is 2.80. The number of nitrogens with zero attached hydrogens (tertiary/aromatic N) is 1. The number of hydrogen-bond donors (Lipinski definition) is 0. The van der Waals surface area contributed by atoms with Crippen LogP contribution in [0.2, 0.25) is 5.02 Å². The minimum atomic E-state index is -0.0871. The number of rotatable bonds is 3. The predicted molar refractivity (Wildman–Crippen MR) is 67.8 cm³/mol. The summed E-state index contributed by atoms with van der Waals surface area (Å²) in [4.78, 5) is 1.24. The molecule has 0 N–H and O–H groups in total. The van der Waals surface area contributed by atoms with Gasteiger partial charge in [0.15, 0.2) is 0 Å². The molecular weight excluding hydrogens is 238 g/mol. The van der Waals surface area contributed by atoms with E-state index in [2.05, 4.69) is 12.1 Å². The van der Waals surface area contributed by atoms with Gasteiger partial charge in [-0.1, -0.05) is 29.8 Å². The molecule has 0 spiro atoms. The van der Waals surface area contributed by atoms with Gasteiger partial charge in [0.1, 0.15) is 0 Å². The Labute approximate surface area is 104 Å². The molecule has 1 atom stereocenters. The van der Waals surface area contributed by atoms with Crippen LogP contribution in [0.4, 0.5) is 0 Å². The van der Waals surface area contributed by atoms with Crippen molar-refractivity contribution < 1.29 is 0 Å². The molecule has 1 aromatic heterocycles. The Hall–Kier alpha value is -1.30. The summed E-state index contributed by atoms with van der Waals surface area (Å²) in [5, 5.41) is 11.9. The van der Waals surface area contributed by atoms with Crippen molar-refractivity contribution in [1.29, 1.82) is 5.26 Å². The molecule has 3 heteroatoms. The highest BCUT2D eigenvalue weighted by Crippen LogP contribution is 2.23. The fourth-order valence-electron chi connectivity index (χ4n) is 1.56. The topological polar surface area (TPSA) is 23.8 Å². The van der Waals surface area contributed by atoms with Crippen molar-refractivity contribution in [3.05, 3.63) is 57.2 Å². The number of nitriles is 1. The maximum atomic E-state index is 9.17. The predicted octanol–water partition coefficient (Wildman–Crippen LogP) is 4.25. The first-order valence-electron chi connectivity index (χ1n) is 4.97. The van der Waals surface area contributed by atoms with Crippen molar-refractivity contribution in [2.24, 2.45) is 0 Å². The van der Waals surface area contributed by atoms with Crippen molar-refractivity contribution in [2.75, 3.05) is 0 Å². The zero-order valence-corrected chi connectivity index (χ0v) is 10.1. The molecular formula is C13H10ClNS. The van der Waals surface area contributed by atoms with E-state index in [0.29, 0.717) is 5.02 Å². The molecule has 1 aromatic carbocycles. The SMILES string of the molecule is N#CC(Cc1cccs1)c1ccc(Cl)cc1. The Morgan fingerprint density at radius 1 is 1.25 bits per heavy atom. The smallest absolute Gasteiger partial charge is 0.0760 e. The Morgan fingerprint density at radius 3 is 2.56 bits per heavy atom. The van der Waals surface area contributed by atoms with Gasteiger partial charge in [-0.25, -0.2) is 0 Å². The minimum Gasteiger partial charge on any atom is -0.198 e. The summed E-state index contributed by atoms with van der Waals surface area (Å²) in [7, 11) is 0. The van der Waals surface area contributed by atoms with Crippen molar-refractivity contribution in [3.8, 4) is 6.07 Å². The van der Waals surface area contributed by atoms with Crippen molar-refractivity contribution in [1.82, 2.24) is 0 Å². The molecule has 0 aliphatic rings. The van der Waals surface area contributed by atoms with Gasteiger partial charge in [-0.2, -0.15) is 5.26 Å². The van der Waals surface area contributed by atoms with Gasteiger partial charge >= 0.3 is 0 Å². The standard InChI is InChI=1S/C13H10ClNS/c14-12-5-3-10(4-6-12)11(9-15)8-13-2-1-7-16-13/h1-7,11H,8H2. The maximum absolute atomic E-state index is 9.17. The van der Waals surface area contributed by atoms with Crippen LogP contribution in [0.1, 0.15) is 16.4 Å². The second kappa shape index (κ2) is 5.16. The lowest BCUT2D eigenvalue weighted by Crippen LogP contribution is -1.98. The van der Waals surface area contributed by atoms with Crippen LogP contribution in [-0.4, -0.2) is 0 Å². The lowest BCUT2D eigenvalue weighted by atomic mass is 9.97. The average molecular weight is 248 g/mol. The molecule has 0 radical (unpaired) electrons. The van der Waals surface area contributed by atoms with Crippen LogP contribution < -0.4 is 0 Å². The molecule has 1 nitrogen and oxygen atoms in total. The minimum absolute atomic E-state index is 0.0871. The van der Waals surface area contributed by atoms with Crippen LogP contribution >= 0.6 is 22.9 Å². The van der Waals surface area contributed by atoms with Crippen molar-refractivity contribution in [3.63, 3.8) is 0 Å². The molecule has 16 heavy (non-hydrogen) atoms. The summed E-state index contributed by atoms with van der Waals surface area (Å²) in [5.41, 5.74) is 1.03. The van der Waals surface area contributed by atoms with Gasteiger partial charge in [0.25, 0.3) is 0 Å². The molecule has 0 aliphatic heterocycles. The van der Waals surface area contributed by atoms with Gasteiger partial charge in [-0.05, 0) is 29.1 Å². The second-order valence-electron chi connectivity index (χ2n) is 3.52. The molecule has 0 amide bonds. The third-order valence-corrected chi connectivity index (χ3v) is 3.56. The highest BCUT2D eigenvalue weighted by atomic mass is 35.5. The highest BCUT2D eigenvalue weighted by Gasteiger charge is 2.11. The van der Waals surface area contributed by atoms with Gasteiger partial charge in [-0.3, -0.25) is 0 Å². The monoisotopic (exact) mass is 247 g/mol. The van der Waals surface area contributed by atoms with Crippen LogP contribution in [0.15, 0.2) is 41.8 Å². The van der Waals surface area contributed by atoms with Gasteiger partial charge in [-0.15, -0.1) is 11.3 Å². The Bertz CT molecular complexity index is 482. The first kappa shape index (κ1) is 11.2. The number of thiophene rings is 1. The number of benzene rings is 1. The molecule has 2 aromatic rings. The fourth-order valence-corrected chi connectivity index (χ4v) is 2.44. The maximum Gasteiger partial charge on any atom is 0.0760 e. The Morgan fingerprint density at radius 2 is 2.00 bits per heavy atom. The summed E-state index contributed by atoms with van der Waals surface area (Å²) >= 11 is 7.51. The third-order valence-electron chi connectivity index (χ3n) is 2.41. The van der Waals surface area contributed by atoms with E-state index in [1.807, 2.05) is 35.7 Å². The van der Waals surface area contributed by atoms with Crippen LogP contribution in [0.3, 0.4) is 0 Å². The van der Waals surface area contributed by atoms with Crippen molar-refractivity contribution in [2.45, 2.75) is 12.3 Å². The van der Waals surface area contributed by atoms with Gasteiger partial charge < -0.3 is 0 Å². The quantitative estimate of drug-likeness (QED) is 0.795. The third kappa shape index (κ3) is 2.63.